The van der Waals surface area contributed by atoms with Gasteiger partial charge in [-0.1, -0.05) is 50.8 Å². The highest BCUT2D eigenvalue weighted by atomic mass is 35.5. The molecule has 0 spiro atoms. The first-order valence-corrected chi connectivity index (χ1v) is 11.0. The Bertz CT molecular complexity index is 643. The summed E-state index contributed by atoms with van der Waals surface area (Å²) in [5, 5.41) is 15.6. The molecule has 2 aliphatic carbocycles. The van der Waals surface area contributed by atoms with Gasteiger partial charge in [0.15, 0.2) is 0 Å². The van der Waals surface area contributed by atoms with Gasteiger partial charge in [0.05, 0.1) is 30.4 Å². The van der Waals surface area contributed by atoms with Crippen LogP contribution < -0.4 is 10.6 Å². The largest absolute Gasteiger partial charge is 0.394 e. The normalized spacial score (nSPS) is 23.3. The van der Waals surface area contributed by atoms with Crippen LogP contribution in [-0.4, -0.2) is 43.9 Å². The van der Waals surface area contributed by atoms with E-state index < -0.39 is 0 Å². The lowest BCUT2D eigenvalue weighted by atomic mass is 9.62. The molecule has 0 unspecified atom stereocenters. The van der Waals surface area contributed by atoms with Gasteiger partial charge < -0.3 is 20.5 Å². The van der Waals surface area contributed by atoms with Gasteiger partial charge in [-0.05, 0) is 48.3 Å². The van der Waals surface area contributed by atoms with Crippen LogP contribution >= 0.6 is 11.6 Å². The Morgan fingerprint density at radius 3 is 2.72 bits per heavy atom. The standard InChI is InChI=1S/C22H33ClN2O3.CH2/c23-20-6-5-18(15-24-9-11-28-12-10-26)13-19(20)21(27)25-16-22-7-1-3-17(14-22)4-2-8-22;/h5-6,13,17,24,26H,1-4,7-12,14-16H2,(H,25,27);1H2. The fourth-order valence-corrected chi connectivity index (χ4v) is 5.04. The average molecular weight is 423 g/mol. The summed E-state index contributed by atoms with van der Waals surface area (Å²) in [6.45, 7) is 3.04. The van der Waals surface area contributed by atoms with Gasteiger partial charge in [0.1, 0.15) is 0 Å². The van der Waals surface area contributed by atoms with Gasteiger partial charge in [-0.3, -0.25) is 4.79 Å². The Hall–Kier alpha value is -1.14. The summed E-state index contributed by atoms with van der Waals surface area (Å²) < 4.78 is 5.23. The molecule has 5 nitrogen and oxygen atoms in total. The van der Waals surface area contributed by atoms with E-state index in [-0.39, 0.29) is 19.9 Å². The van der Waals surface area contributed by atoms with Gasteiger partial charge in [-0.2, -0.15) is 0 Å². The van der Waals surface area contributed by atoms with E-state index in [2.05, 4.69) is 10.6 Å². The molecule has 6 heteroatoms. The quantitative estimate of drug-likeness (QED) is 0.501. The molecule has 2 fully saturated rings. The van der Waals surface area contributed by atoms with E-state index in [4.69, 9.17) is 21.4 Å². The van der Waals surface area contributed by atoms with Crippen molar-refractivity contribution < 1.29 is 14.6 Å². The van der Waals surface area contributed by atoms with E-state index in [0.29, 0.717) is 42.3 Å². The number of benzene rings is 1. The third kappa shape index (κ3) is 6.95. The van der Waals surface area contributed by atoms with Crippen LogP contribution in [0.3, 0.4) is 0 Å². The van der Waals surface area contributed by atoms with Crippen LogP contribution in [-0.2, 0) is 11.3 Å². The molecule has 2 aliphatic rings. The zero-order valence-corrected chi connectivity index (χ0v) is 18.1. The highest BCUT2D eigenvalue weighted by Crippen LogP contribution is 2.48. The summed E-state index contributed by atoms with van der Waals surface area (Å²) in [6, 6.07) is 5.61. The monoisotopic (exact) mass is 422 g/mol. The minimum Gasteiger partial charge on any atom is -0.394 e. The van der Waals surface area contributed by atoms with Crippen molar-refractivity contribution >= 4 is 17.5 Å². The Morgan fingerprint density at radius 2 is 2.00 bits per heavy atom. The summed E-state index contributed by atoms with van der Waals surface area (Å²) >= 11 is 6.31. The van der Waals surface area contributed by atoms with Crippen molar-refractivity contribution in [2.24, 2.45) is 11.3 Å². The van der Waals surface area contributed by atoms with Crippen molar-refractivity contribution in [2.45, 2.75) is 51.5 Å². The van der Waals surface area contributed by atoms with Gasteiger partial charge in [-0.25, -0.2) is 0 Å². The van der Waals surface area contributed by atoms with E-state index in [1.807, 2.05) is 12.1 Å². The predicted octanol–water partition coefficient (Wildman–Crippen LogP) is 3.86. The van der Waals surface area contributed by atoms with Crippen LogP contribution in [0.1, 0.15) is 60.9 Å². The summed E-state index contributed by atoms with van der Waals surface area (Å²) in [5.41, 5.74) is 1.87. The van der Waals surface area contributed by atoms with Crippen molar-refractivity contribution in [3.63, 3.8) is 0 Å². The van der Waals surface area contributed by atoms with Gasteiger partial charge in [-0.15, -0.1) is 0 Å². The van der Waals surface area contributed by atoms with E-state index in [1.165, 1.54) is 44.9 Å². The first kappa shape index (κ1) is 24.1. The predicted molar refractivity (Wildman–Crippen MR) is 117 cm³/mol. The van der Waals surface area contributed by atoms with E-state index in [9.17, 15) is 4.79 Å². The molecule has 2 saturated carbocycles. The van der Waals surface area contributed by atoms with Crippen LogP contribution in [0.2, 0.25) is 5.02 Å². The van der Waals surface area contributed by atoms with Crippen LogP contribution in [0.4, 0.5) is 0 Å². The lowest BCUT2D eigenvalue weighted by molar-refractivity contribution is 0.0681. The van der Waals surface area contributed by atoms with Gasteiger partial charge in [0, 0.05) is 19.6 Å². The molecule has 29 heavy (non-hydrogen) atoms. The van der Waals surface area contributed by atoms with Crippen LogP contribution in [0.15, 0.2) is 18.2 Å². The number of hydrogen-bond acceptors (Lipinski definition) is 4. The van der Waals surface area contributed by atoms with Crippen LogP contribution in [0, 0.1) is 18.8 Å². The highest BCUT2D eigenvalue weighted by Gasteiger charge is 2.39. The van der Waals surface area contributed by atoms with E-state index in [0.717, 1.165) is 18.0 Å². The number of halogens is 1. The molecule has 0 aliphatic heterocycles. The maximum absolute atomic E-state index is 12.8. The SMILES string of the molecule is O=C(NCC12CCCC(CCC1)C2)c1cc(CNCCOCCO)ccc1Cl.[CH2]. The summed E-state index contributed by atoms with van der Waals surface area (Å²) in [4.78, 5) is 12.8. The van der Waals surface area contributed by atoms with Crippen LogP contribution in [0.25, 0.3) is 0 Å². The number of carbonyl (C=O) groups is 1. The Balaban J connectivity index is 0.00000300. The van der Waals surface area contributed by atoms with Crippen molar-refractivity contribution in [1.82, 2.24) is 10.6 Å². The molecular formula is C23H35ClN2O3. The Morgan fingerprint density at radius 1 is 1.24 bits per heavy atom. The molecule has 0 aromatic heterocycles. The van der Waals surface area contributed by atoms with Gasteiger partial charge in [0.25, 0.3) is 5.91 Å². The second-order valence-electron chi connectivity index (χ2n) is 8.36. The number of hydrogen-bond donors (Lipinski definition) is 3. The van der Waals surface area contributed by atoms with Crippen molar-refractivity contribution in [3.8, 4) is 0 Å². The molecular weight excluding hydrogens is 388 g/mol. The number of amides is 1. The summed E-state index contributed by atoms with van der Waals surface area (Å²) in [6.07, 6.45) is 9.06. The molecule has 0 atom stereocenters. The molecule has 162 valence electrons. The highest BCUT2D eigenvalue weighted by molar-refractivity contribution is 6.33. The minimum atomic E-state index is -0.0693. The number of nitrogens with one attached hydrogen (secondary N) is 2. The minimum absolute atomic E-state index is 0. The van der Waals surface area contributed by atoms with Crippen molar-refractivity contribution in [2.75, 3.05) is 32.9 Å². The number of aliphatic hydroxyl groups is 1. The molecule has 0 saturated heterocycles. The summed E-state index contributed by atoms with van der Waals surface area (Å²) in [5.74, 6) is 0.791. The first-order valence-electron chi connectivity index (χ1n) is 10.6. The molecule has 1 amide bonds. The summed E-state index contributed by atoms with van der Waals surface area (Å²) in [7, 11) is 0. The molecule has 1 aromatic rings. The van der Waals surface area contributed by atoms with E-state index >= 15 is 0 Å². The zero-order valence-electron chi connectivity index (χ0n) is 17.4. The number of aliphatic hydroxyl groups excluding tert-OH is 1. The first-order chi connectivity index (χ1) is 13.6. The number of carbonyl (C=O) groups excluding carboxylic acids is 1. The zero-order chi connectivity index (χ0) is 19.8. The fraction of sp³-hybridized carbons (Fsp3) is 0.652. The maximum Gasteiger partial charge on any atom is 0.252 e. The smallest absolute Gasteiger partial charge is 0.252 e. The molecule has 0 heterocycles. The van der Waals surface area contributed by atoms with Gasteiger partial charge in [0.2, 0.25) is 0 Å². The molecule has 2 radical (unpaired) electrons. The number of fused-ring (bicyclic) bond motifs is 2. The fourth-order valence-electron chi connectivity index (χ4n) is 4.83. The van der Waals surface area contributed by atoms with E-state index in [1.54, 1.807) is 6.07 Å². The average Bonchev–Trinajstić information content (AvgIpc) is 2.70. The third-order valence-electron chi connectivity index (χ3n) is 6.25. The Kier molecular flexibility index (Phi) is 9.90. The molecule has 3 rings (SSSR count). The van der Waals surface area contributed by atoms with Crippen molar-refractivity contribution in [3.05, 3.63) is 41.8 Å². The number of ether oxygens (including phenoxy) is 1. The van der Waals surface area contributed by atoms with Crippen LogP contribution in [0.5, 0.6) is 0 Å². The molecule has 1 aromatic carbocycles. The maximum atomic E-state index is 12.8. The van der Waals surface area contributed by atoms with Gasteiger partial charge >= 0.3 is 0 Å². The second-order valence-corrected chi connectivity index (χ2v) is 8.77. The lowest BCUT2D eigenvalue weighted by Crippen LogP contribution is -2.43. The number of rotatable bonds is 10. The Labute approximate surface area is 180 Å². The molecule has 3 N–H and O–H groups in total. The topological polar surface area (TPSA) is 70.6 Å². The lowest BCUT2D eigenvalue weighted by Gasteiger charge is -2.45. The molecule has 2 bridgehead atoms. The van der Waals surface area contributed by atoms with Crippen molar-refractivity contribution in [1.29, 1.82) is 0 Å². The third-order valence-corrected chi connectivity index (χ3v) is 6.58. The second kappa shape index (κ2) is 11.9.